The second-order valence-electron chi connectivity index (χ2n) is 5.84. The molecule has 2 saturated carbocycles. The van der Waals surface area contributed by atoms with Crippen molar-refractivity contribution in [1.82, 2.24) is 4.90 Å². The van der Waals surface area contributed by atoms with Crippen molar-refractivity contribution < 1.29 is 13.6 Å². The third-order valence-electron chi connectivity index (χ3n) is 4.20. The first-order valence-corrected chi connectivity index (χ1v) is 8.53. The highest BCUT2D eigenvalue weighted by atomic mass is 32.2. The summed E-state index contributed by atoms with van der Waals surface area (Å²) in [7, 11) is 0. The van der Waals surface area contributed by atoms with Gasteiger partial charge in [-0.2, -0.15) is 0 Å². The van der Waals surface area contributed by atoms with E-state index in [-0.39, 0.29) is 5.91 Å². The predicted molar refractivity (Wildman–Crippen MR) is 79.2 cm³/mol. The first kappa shape index (κ1) is 14.8. The number of carbonyl (C=O) groups is 1. The van der Waals surface area contributed by atoms with Gasteiger partial charge in [0.1, 0.15) is 0 Å². The van der Waals surface area contributed by atoms with Crippen LogP contribution >= 0.6 is 11.8 Å². The molecule has 1 aromatic carbocycles. The Labute approximate surface area is 127 Å². The molecule has 0 radical (unpaired) electrons. The third-order valence-corrected chi connectivity index (χ3v) is 5.18. The van der Waals surface area contributed by atoms with Crippen molar-refractivity contribution in [3.05, 3.63) is 29.8 Å². The van der Waals surface area contributed by atoms with Gasteiger partial charge in [-0.3, -0.25) is 4.79 Å². The Morgan fingerprint density at radius 1 is 1.10 bits per heavy atom. The third kappa shape index (κ3) is 3.57. The molecular formula is C16H19F2NOS. The van der Waals surface area contributed by atoms with Gasteiger partial charge in [0.05, 0.1) is 5.75 Å². The molecule has 0 atom stereocenters. The Hall–Kier alpha value is -1.10. The molecule has 1 aromatic rings. The van der Waals surface area contributed by atoms with Gasteiger partial charge in [0.2, 0.25) is 5.91 Å². The molecule has 3 rings (SSSR count). The molecule has 114 valence electrons. The van der Waals surface area contributed by atoms with E-state index in [1.54, 1.807) is 0 Å². The van der Waals surface area contributed by atoms with Crippen molar-refractivity contribution in [3.8, 4) is 0 Å². The lowest BCUT2D eigenvalue weighted by Crippen LogP contribution is -2.41. The Morgan fingerprint density at radius 3 is 2.38 bits per heavy atom. The smallest absolute Gasteiger partial charge is 0.233 e. The van der Waals surface area contributed by atoms with E-state index in [0.29, 0.717) is 22.7 Å². The molecule has 5 heteroatoms. The van der Waals surface area contributed by atoms with Crippen molar-refractivity contribution in [1.29, 1.82) is 0 Å². The SMILES string of the molecule is O=C(CSc1ccc(F)c(F)c1)N(C1CCCC1)C1CC1. The maximum atomic E-state index is 13.2. The molecule has 2 aliphatic carbocycles. The molecule has 2 aliphatic rings. The van der Waals surface area contributed by atoms with Gasteiger partial charge < -0.3 is 4.90 Å². The lowest BCUT2D eigenvalue weighted by Gasteiger charge is -2.29. The summed E-state index contributed by atoms with van der Waals surface area (Å²) in [4.78, 5) is 15.1. The van der Waals surface area contributed by atoms with E-state index in [4.69, 9.17) is 0 Å². The first-order valence-electron chi connectivity index (χ1n) is 7.54. The first-order chi connectivity index (χ1) is 10.1. The number of amides is 1. The van der Waals surface area contributed by atoms with Crippen LogP contribution in [-0.2, 0) is 4.79 Å². The maximum absolute atomic E-state index is 13.2. The highest BCUT2D eigenvalue weighted by Crippen LogP contribution is 2.35. The van der Waals surface area contributed by atoms with Crippen molar-refractivity contribution >= 4 is 17.7 Å². The molecule has 0 spiro atoms. The van der Waals surface area contributed by atoms with E-state index >= 15 is 0 Å². The van der Waals surface area contributed by atoms with E-state index in [9.17, 15) is 13.6 Å². The van der Waals surface area contributed by atoms with Crippen LogP contribution in [0.2, 0.25) is 0 Å². The summed E-state index contributed by atoms with van der Waals surface area (Å²) in [6.45, 7) is 0. The highest BCUT2D eigenvalue weighted by molar-refractivity contribution is 8.00. The van der Waals surface area contributed by atoms with Gasteiger partial charge in [-0.1, -0.05) is 12.8 Å². The maximum Gasteiger partial charge on any atom is 0.233 e. The highest BCUT2D eigenvalue weighted by Gasteiger charge is 2.37. The van der Waals surface area contributed by atoms with Crippen LogP contribution in [-0.4, -0.2) is 28.6 Å². The summed E-state index contributed by atoms with van der Waals surface area (Å²) in [6, 6.07) is 4.61. The molecule has 0 aromatic heterocycles. The van der Waals surface area contributed by atoms with Gasteiger partial charge in [-0.15, -0.1) is 11.8 Å². The summed E-state index contributed by atoms with van der Waals surface area (Å²) in [5, 5.41) is 0. The number of benzene rings is 1. The largest absolute Gasteiger partial charge is 0.336 e. The molecule has 0 bridgehead atoms. The Morgan fingerprint density at radius 2 is 1.76 bits per heavy atom. The average Bonchev–Trinajstić information content (AvgIpc) is 3.15. The molecular weight excluding hydrogens is 292 g/mol. The summed E-state index contributed by atoms with van der Waals surface area (Å²) < 4.78 is 26.0. The number of carbonyl (C=O) groups excluding carboxylic acids is 1. The Kier molecular flexibility index (Phi) is 4.48. The van der Waals surface area contributed by atoms with E-state index in [1.165, 1.54) is 30.7 Å². The molecule has 0 unspecified atom stereocenters. The number of hydrogen-bond acceptors (Lipinski definition) is 2. The predicted octanol–water partition coefficient (Wildman–Crippen LogP) is 3.99. The van der Waals surface area contributed by atoms with Gasteiger partial charge in [0.25, 0.3) is 0 Å². The van der Waals surface area contributed by atoms with Crippen molar-refractivity contribution in [2.24, 2.45) is 0 Å². The summed E-state index contributed by atoms with van der Waals surface area (Å²) >= 11 is 1.29. The molecule has 0 saturated heterocycles. The minimum atomic E-state index is -0.859. The van der Waals surface area contributed by atoms with Gasteiger partial charge >= 0.3 is 0 Å². The zero-order chi connectivity index (χ0) is 14.8. The number of hydrogen-bond donors (Lipinski definition) is 0. The monoisotopic (exact) mass is 311 g/mol. The number of halogens is 2. The van der Waals surface area contributed by atoms with Crippen LogP contribution < -0.4 is 0 Å². The molecule has 0 N–H and O–H groups in total. The quantitative estimate of drug-likeness (QED) is 0.766. The molecule has 0 heterocycles. The topological polar surface area (TPSA) is 20.3 Å². The average molecular weight is 311 g/mol. The lowest BCUT2D eigenvalue weighted by molar-refractivity contribution is -0.131. The zero-order valence-electron chi connectivity index (χ0n) is 11.9. The van der Waals surface area contributed by atoms with Gasteiger partial charge in [0.15, 0.2) is 11.6 Å². The van der Waals surface area contributed by atoms with Crippen LogP contribution in [0.4, 0.5) is 8.78 Å². The number of rotatable bonds is 5. The number of thioether (sulfide) groups is 1. The van der Waals surface area contributed by atoms with Crippen molar-refractivity contribution in [3.63, 3.8) is 0 Å². The summed E-state index contributed by atoms with van der Waals surface area (Å²) in [6.07, 6.45) is 6.85. The van der Waals surface area contributed by atoms with Crippen LogP contribution in [0, 0.1) is 11.6 Å². The molecule has 1 amide bonds. The minimum Gasteiger partial charge on any atom is -0.336 e. The fraction of sp³-hybridized carbons (Fsp3) is 0.562. The van der Waals surface area contributed by atoms with Gasteiger partial charge in [0, 0.05) is 17.0 Å². The van der Waals surface area contributed by atoms with Crippen LogP contribution in [0.15, 0.2) is 23.1 Å². The van der Waals surface area contributed by atoms with Crippen LogP contribution in [0.5, 0.6) is 0 Å². The molecule has 21 heavy (non-hydrogen) atoms. The Bertz CT molecular complexity index is 527. The normalized spacial score (nSPS) is 19.0. The molecule has 2 fully saturated rings. The van der Waals surface area contributed by atoms with Gasteiger partial charge in [-0.05, 0) is 43.9 Å². The van der Waals surface area contributed by atoms with Crippen molar-refractivity contribution in [2.45, 2.75) is 55.5 Å². The summed E-state index contributed by atoms with van der Waals surface area (Å²) in [5.74, 6) is -1.27. The van der Waals surface area contributed by atoms with Crippen LogP contribution in [0.25, 0.3) is 0 Å². The fourth-order valence-electron chi connectivity index (χ4n) is 3.03. The minimum absolute atomic E-state index is 0.138. The summed E-state index contributed by atoms with van der Waals surface area (Å²) in [5.41, 5.74) is 0. The zero-order valence-corrected chi connectivity index (χ0v) is 12.7. The second-order valence-corrected chi connectivity index (χ2v) is 6.88. The van der Waals surface area contributed by atoms with E-state index in [0.717, 1.165) is 37.8 Å². The van der Waals surface area contributed by atoms with E-state index in [1.807, 2.05) is 0 Å². The standard InChI is InChI=1S/C16H19F2NOS/c17-14-8-7-13(9-15(14)18)21-10-16(20)19(12-5-6-12)11-3-1-2-4-11/h7-9,11-12H,1-6,10H2. The molecule has 0 aliphatic heterocycles. The lowest BCUT2D eigenvalue weighted by atomic mass is 10.2. The number of nitrogens with zero attached hydrogens (tertiary/aromatic N) is 1. The fourth-order valence-corrected chi connectivity index (χ4v) is 3.82. The van der Waals surface area contributed by atoms with E-state index < -0.39 is 11.6 Å². The second kappa shape index (κ2) is 6.34. The Balaban J connectivity index is 1.60. The van der Waals surface area contributed by atoms with E-state index in [2.05, 4.69) is 4.90 Å². The van der Waals surface area contributed by atoms with Gasteiger partial charge in [-0.25, -0.2) is 8.78 Å². The van der Waals surface area contributed by atoms with Crippen molar-refractivity contribution in [2.75, 3.05) is 5.75 Å². The molecule has 2 nitrogen and oxygen atoms in total. The van der Waals surface area contributed by atoms with Crippen LogP contribution in [0.3, 0.4) is 0 Å². The van der Waals surface area contributed by atoms with Crippen LogP contribution in [0.1, 0.15) is 38.5 Å².